The van der Waals surface area contributed by atoms with Crippen LogP contribution in [0.3, 0.4) is 0 Å². The Labute approximate surface area is 155 Å². The lowest BCUT2D eigenvalue weighted by Crippen LogP contribution is -2.37. The summed E-state index contributed by atoms with van der Waals surface area (Å²) in [6.07, 6.45) is 1.68. The molecule has 0 unspecified atom stereocenters. The first kappa shape index (κ1) is 18.9. The number of benzene rings is 2. The average molecular weight is 395 g/mol. The molecule has 0 heterocycles. The zero-order valence-corrected chi connectivity index (χ0v) is 16.3. The predicted octanol–water partition coefficient (Wildman–Crippen LogP) is 2.73. The van der Waals surface area contributed by atoms with E-state index in [1.807, 2.05) is 6.07 Å². The Morgan fingerprint density at radius 1 is 0.885 bits per heavy atom. The van der Waals surface area contributed by atoms with Crippen molar-refractivity contribution in [2.24, 2.45) is 0 Å². The van der Waals surface area contributed by atoms with Crippen LogP contribution in [0.1, 0.15) is 26.7 Å². The van der Waals surface area contributed by atoms with E-state index in [1.54, 1.807) is 38.1 Å². The average Bonchev–Trinajstić information content (AvgIpc) is 3.39. The maximum absolute atomic E-state index is 13.1. The monoisotopic (exact) mass is 394 g/mol. The van der Waals surface area contributed by atoms with Gasteiger partial charge in [0, 0.05) is 12.1 Å². The molecule has 2 aromatic rings. The van der Waals surface area contributed by atoms with Gasteiger partial charge in [-0.2, -0.15) is 0 Å². The van der Waals surface area contributed by atoms with Crippen molar-refractivity contribution < 1.29 is 16.8 Å². The lowest BCUT2D eigenvalue weighted by atomic mass is 10.3. The normalized spacial score (nSPS) is 15.2. The maximum Gasteiger partial charge on any atom is 0.264 e. The minimum absolute atomic E-state index is 0.00192. The van der Waals surface area contributed by atoms with Gasteiger partial charge in [0.15, 0.2) is 0 Å². The minimum Gasteiger partial charge on any atom is -0.264 e. The first-order valence-electron chi connectivity index (χ1n) is 8.44. The summed E-state index contributed by atoms with van der Waals surface area (Å²) in [7, 11) is -7.41. The molecule has 26 heavy (non-hydrogen) atoms. The van der Waals surface area contributed by atoms with Crippen molar-refractivity contribution in [3.8, 4) is 0 Å². The van der Waals surface area contributed by atoms with Crippen LogP contribution in [0, 0.1) is 0 Å². The van der Waals surface area contributed by atoms with Gasteiger partial charge in [-0.15, -0.1) is 0 Å². The molecule has 0 amide bonds. The second kappa shape index (κ2) is 7.02. The maximum atomic E-state index is 13.1. The lowest BCUT2D eigenvalue weighted by Gasteiger charge is -2.28. The molecule has 0 bridgehead atoms. The molecule has 0 aliphatic heterocycles. The Hall–Kier alpha value is -1.90. The van der Waals surface area contributed by atoms with Gasteiger partial charge in [0.25, 0.3) is 10.0 Å². The highest BCUT2D eigenvalue weighted by molar-refractivity contribution is 7.93. The SMILES string of the molecule is CC(C)N(c1ccccc1)S(=O)(=O)c1ccc(S(=O)(=O)NC2CC2)cc1. The van der Waals surface area contributed by atoms with Crippen LogP contribution in [0.15, 0.2) is 64.4 Å². The van der Waals surface area contributed by atoms with E-state index in [2.05, 4.69) is 4.72 Å². The number of hydrogen-bond acceptors (Lipinski definition) is 4. The van der Waals surface area contributed by atoms with Gasteiger partial charge in [0.1, 0.15) is 0 Å². The summed E-state index contributed by atoms with van der Waals surface area (Å²) in [5.74, 6) is 0. The van der Waals surface area contributed by atoms with Crippen LogP contribution in [0.5, 0.6) is 0 Å². The standard InChI is InChI=1S/C18H22N2O4S2/c1-14(2)20(16-6-4-3-5-7-16)26(23,24)18-12-10-17(11-13-18)25(21,22)19-15-8-9-15/h3-7,10-15,19H,8-9H2,1-2H3. The largest absolute Gasteiger partial charge is 0.264 e. The summed E-state index contributed by atoms with van der Waals surface area (Å²) in [5, 5.41) is 0. The van der Waals surface area contributed by atoms with Crippen molar-refractivity contribution in [1.82, 2.24) is 4.72 Å². The zero-order valence-electron chi connectivity index (χ0n) is 14.7. The molecule has 8 heteroatoms. The fourth-order valence-electron chi connectivity index (χ4n) is 2.68. The molecule has 1 aliphatic rings. The highest BCUT2D eigenvalue weighted by Crippen LogP contribution is 2.27. The van der Waals surface area contributed by atoms with Crippen LogP contribution in [-0.4, -0.2) is 28.9 Å². The summed E-state index contributed by atoms with van der Waals surface area (Å²) in [5.41, 5.74) is 0.564. The highest BCUT2D eigenvalue weighted by Gasteiger charge is 2.30. The Kier molecular flexibility index (Phi) is 5.09. The molecule has 6 nitrogen and oxygen atoms in total. The number of rotatable bonds is 7. The highest BCUT2D eigenvalue weighted by atomic mass is 32.2. The second-order valence-corrected chi connectivity index (χ2v) is 10.1. The molecule has 2 aromatic carbocycles. The fourth-order valence-corrected chi connectivity index (χ4v) is 5.65. The van der Waals surface area contributed by atoms with E-state index >= 15 is 0 Å². The molecule has 140 valence electrons. The molecule has 0 spiro atoms. The molecule has 1 aliphatic carbocycles. The third-order valence-corrected chi connectivity index (χ3v) is 7.62. The number of nitrogens with one attached hydrogen (secondary N) is 1. The Morgan fingerprint density at radius 2 is 1.42 bits per heavy atom. The third-order valence-electron chi connectivity index (χ3n) is 4.07. The van der Waals surface area contributed by atoms with Gasteiger partial charge in [0.2, 0.25) is 10.0 Å². The first-order valence-corrected chi connectivity index (χ1v) is 11.4. The number of para-hydroxylation sites is 1. The molecular formula is C18H22N2O4S2. The van der Waals surface area contributed by atoms with E-state index < -0.39 is 20.0 Å². The number of hydrogen-bond donors (Lipinski definition) is 1. The van der Waals surface area contributed by atoms with Crippen molar-refractivity contribution in [2.75, 3.05) is 4.31 Å². The summed E-state index contributed by atoms with van der Waals surface area (Å²) < 4.78 is 54.6. The minimum atomic E-state index is -3.81. The van der Waals surface area contributed by atoms with Crippen LogP contribution in [-0.2, 0) is 20.0 Å². The Bertz CT molecular complexity index is 966. The van der Waals surface area contributed by atoms with Gasteiger partial charge >= 0.3 is 0 Å². The predicted molar refractivity (Wildman–Crippen MR) is 101 cm³/mol. The van der Waals surface area contributed by atoms with E-state index in [4.69, 9.17) is 0 Å². The number of sulfonamides is 2. The molecule has 1 N–H and O–H groups in total. The van der Waals surface area contributed by atoms with Crippen LogP contribution in [0.25, 0.3) is 0 Å². The molecule has 1 fully saturated rings. The smallest absolute Gasteiger partial charge is 0.264 e. The number of nitrogens with zero attached hydrogens (tertiary/aromatic N) is 1. The lowest BCUT2D eigenvalue weighted by molar-refractivity contribution is 0.578. The summed E-state index contributed by atoms with van der Waals surface area (Å²) in [6.45, 7) is 3.59. The van der Waals surface area contributed by atoms with Crippen LogP contribution >= 0.6 is 0 Å². The summed E-state index contributed by atoms with van der Waals surface area (Å²) >= 11 is 0. The van der Waals surface area contributed by atoms with Crippen molar-refractivity contribution in [3.63, 3.8) is 0 Å². The third kappa shape index (κ3) is 3.92. The Balaban J connectivity index is 1.93. The van der Waals surface area contributed by atoms with E-state index in [9.17, 15) is 16.8 Å². The van der Waals surface area contributed by atoms with Crippen molar-refractivity contribution >= 4 is 25.7 Å². The fraction of sp³-hybridized carbons (Fsp3) is 0.333. The molecule has 0 radical (unpaired) electrons. The van der Waals surface area contributed by atoms with E-state index in [-0.39, 0.29) is 21.9 Å². The quantitative estimate of drug-likeness (QED) is 0.783. The molecule has 3 rings (SSSR count). The van der Waals surface area contributed by atoms with Gasteiger partial charge in [-0.25, -0.2) is 21.6 Å². The molecule has 0 atom stereocenters. The van der Waals surface area contributed by atoms with Crippen molar-refractivity contribution in [3.05, 3.63) is 54.6 Å². The topological polar surface area (TPSA) is 83.6 Å². The molecule has 0 aromatic heterocycles. The van der Waals surface area contributed by atoms with E-state index in [1.165, 1.54) is 28.6 Å². The zero-order chi connectivity index (χ0) is 18.9. The molecule has 1 saturated carbocycles. The number of anilines is 1. The van der Waals surface area contributed by atoms with Crippen LogP contribution in [0.4, 0.5) is 5.69 Å². The van der Waals surface area contributed by atoms with Gasteiger partial charge in [-0.3, -0.25) is 4.31 Å². The van der Waals surface area contributed by atoms with Gasteiger partial charge < -0.3 is 0 Å². The van der Waals surface area contributed by atoms with Gasteiger partial charge in [-0.1, -0.05) is 18.2 Å². The molecular weight excluding hydrogens is 372 g/mol. The van der Waals surface area contributed by atoms with Gasteiger partial charge in [0.05, 0.1) is 15.5 Å². The summed E-state index contributed by atoms with van der Waals surface area (Å²) in [4.78, 5) is 0.125. The van der Waals surface area contributed by atoms with Gasteiger partial charge in [-0.05, 0) is 63.1 Å². The van der Waals surface area contributed by atoms with Crippen LogP contribution in [0.2, 0.25) is 0 Å². The van der Waals surface area contributed by atoms with E-state index in [0.29, 0.717) is 5.69 Å². The molecule has 0 saturated heterocycles. The van der Waals surface area contributed by atoms with Crippen LogP contribution < -0.4 is 9.03 Å². The first-order chi connectivity index (χ1) is 12.2. The van der Waals surface area contributed by atoms with E-state index in [0.717, 1.165) is 12.8 Å². The Morgan fingerprint density at radius 3 is 1.92 bits per heavy atom. The van der Waals surface area contributed by atoms with Crippen molar-refractivity contribution in [2.45, 2.75) is 48.6 Å². The van der Waals surface area contributed by atoms with Crippen molar-refractivity contribution in [1.29, 1.82) is 0 Å². The second-order valence-electron chi connectivity index (χ2n) is 6.60. The summed E-state index contributed by atoms with van der Waals surface area (Å²) in [6, 6.07) is 13.9.